The van der Waals surface area contributed by atoms with Crippen molar-refractivity contribution in [1.29, 1.82) is 0 Å². The summed E-state index contributed by atoms with van der Waals surface area (Å²) in [6.07, 6.45) is 1.83. The van der Waals surface area contributed by atoms with Gasteiger partial charge in [-0.1, -0.05) is 11.6 Å². The van der Waals surface area contributed by atoms with Crippen molar-refractivity contribution < 1.29 is 19.2 Å². The second-order valence-corrected chi connectivity index (χ2v) is 4.93. The molecule has 0 N–H and O–H groups in total. The number of hydrogen-bond donors (Lipinski definition) is 0. The van der Waals surface area contributed by atoms with Gasteiger partial charge in [0.1, 0.15) is 0 Å². The van der Waals surface area contributed by atoms with Crippen LogP contribution in [0, 0.1) is 10.1 Å². The third-order valence-corrected chi connectivity index (χ3v) is 3.44. The molecule has 1 atom stereocenters. The SMILES string of the molecule is O=C(OC1CCCCC1=O)c1ccc([N+](=O)[O-])cc1Cl. The summed E-state index contributed by atoms with van der Waals surface area (Å²) in [6.45, 7) is 0. The molecule has 1 fully saturated rings. The van der Waals surface area contributed by atoms with Gasteiger partial charge in [0, 0.05) is 18.6 Å². The summed E-state index contributed by atoms with van der Waals surface area (Å²) in [5, 5.41) is 10.5. The predicted octanol–water partition coefficient (Wildman–Crippen LogP) is 2.92. The first-order chi connectivity index (χ1) is 9.49. The van der Waals surface area contributed by atoms with Crippen LogP contribution in [0.4, 0.5) is 5.69 Å². The van der Waals surface area contributed by atoms with Crippen molar-refractivity contribution in [1.82, 2.24) is 0 Å². The minimum Gasteiger partial charge on any atom is -0.451 e. The molecule has 0 radical (unpaired) electrons. The van der Waals surface area contributed by atoms with Crippen LogP contribution in [-0.2, 0) is 9.53 Å². The molecule has 20 heavy (non-hydrogen) atoms. The molecule has 6 nitrogen and oxygen atoms in total. The number of nitrogens with zero attached hydrogens (tertiary/aromatic N) is 1. The highest BCUT2D eigenvalue weighted by Gasteiger charge is 2.27. The van der Waals surface area contributed by atoms with Gasteiger partial charge in [0.25, 0.3) is 5.69 Å². The highest BCUT2D eigenvalue weighted by Crippen LogP contribution is 2.25. The number of ketones is 1. The standard InChI is InChI=1S/C13H12ClNO5/c14-10-7-8(15(18)19)5-6-9(10)13(17)20-12-4-2-1-3-11(12)16/h5-7,12H,1-4H2. The van der Waals surface area contributed by atoms with Crippen LogP contribution >= 0.6 is 11.6 Å². The lowest BCUT2D eigenvalue weighted by atomic mass is 9.96. The van der Waals surface area contributed by atoms with Crippen molar-refractivity contribution >= 4 is 29.0 Å². The molecule has 0 spiro atoms. The first-order valence-corrected chi connectivity index (χ1v) is 6.54. The van der Waals surface area contributed by atoms with Crippen LogP contribution in [0.1, 0.15) is 36.0 Å². The Hall–Kier alpha value is -1.95. The fourth-order valence-corrected chi connectivity index (χ4v) is 2.30. The van der Waals surface area contributed by atoms with Gasteiger partial charge in [-0.05, 0) is 25.3 Å². The third-order valence-electron chi connectivity index (χ3n) is 3.13. The number of halogens is 1. The Labute approximate surface area is 119 Å². The van der Waals surface area contributed by atoms with Crippen LogP contribution in [-0.4, -0.2) is 22.8 Å². The number of carbonyl (C=O) groups excluding carboxylic acids is 2. The van der Waals surface area contributed by atoms with E-state index in [0.29, 0.717) is 12.8 Å². The van der Waals surface area contributed by atoms with E-state index in [1.165, 1.54) is 12.1 Å². The summed E-state index contributed by atoms with van der Waals surface area (Å²) in [7, 11) is 0. The van der Waals surface area contributed by atoms with E-state index in [0.717, 1.165) is 18.9 Å². The third kappa shape index (κ3) is 3.14. The fourth-order valence-electron chi connectivity index (χ4n) is 2.05. The van der Waals surface area contributed by atoms with Crippen molar-refractivity contribution in [2.75, 3.05) is 0 Å². The van der Waals surface area contributed by atoms with Gasteiger partial charge in [-0.15, -0.1) is 0 Å². The summed E-state index contributed by atoms with van der Waals surface area (Å²) in [6, 6.07) is 3.49. The van der Waals surface area contributed by atoms with E-state index < -0.39 is 17.0 Å². The summed E-state index contributed by atoms with van der Waals surface area (Å²) in [4.78, 5) is 33.5. The zero-order valence-electron chi connectivity index (χ0n) is 10.5. The van der Waals surface area contributed by atoms with Gasteiger partial charge in [-0.2, -0.15) is 0 Å². The van der Waals surface area contributed by atoms with Gasteiger partial charge >= 0.3 is 5.97 Å². The number of ether oxygens (including phenoxy) is 1. The Morgan fingerprint density at radius 3 is 2.75 bits per heavy atom. The molecule has 1 aromatic carbocycles. The van der Waals surface area contributed by atoms with Crippen LogP contribution in [0.3, 0.4) is 0 Å². The van der Waals surface area contributed by atoms with Crippen molar-refractivity contribution in [3.63, 3.8) is 0 Å². The van der Waals surface area contributed by atoms with Crippen LogP contribution in [0.25, 0.3) is 0 Å². The van der Waals surface area contributed by atoms with Crippen molar-refractivity contribution in [2.24, 2.45) is 0 Å². The lowest BCUT2D eigenvalue weighted by molar-refractivity contribution is -0.384. The molecule has 0 aromatic heterocycles. The summed E-state index contributed by atoms with van der Waals surface area (Å²) >= 11 is 5.83. The zero-order valence-corrected chi connectivity index (χ0v) is 11.3. The monoisotopic (exact) mass is 297 g/mol. The Morgan fingerprint density at radius 2 is 2.15 bits per heavy atom. The van der Waals surface area contributed by atoms with Crippen molar-refractivity contribution in [3.8, 4) is 0 Å². The lowest BCUT2D eigenvalue weighted by Crippen LogP contribution is -2.30. The average Bonchev–Trinajstić information content (AvgIpc) is 2.41. The predicted molar refractivity (Wildman–Crippen MR) is 70.8 cm³/mol. The zero-order chi connectivity index (χ0) is 14.7. The van der Waals surface area contributed by atoms with E-state index >= 15 is 0 Å². The smallest absolute Gasteiger partial charge is 0.340 e. The van der Waals surface area contributed by atoms with Crippen molar-refractivity contribution in [2.45, 2.75) is 31.8 Å². The molecule has 1 aliphatic rings. The van der Waals surface area contributed by atoms with E-state index in [2.05, 4.69) is 0 Å². The van der Waals surface area contributed by atoms with E-state index in [4.69, 9.17) is 16.3 Å². The van der Waals surface area contributed by atoms with Crippen LogP contribution in [0.15, 0.2) is 18.2 Å². The van der Waals surface area contributed by atoms with Gasteiger partial charge in [0.05, 0.1) is 15.5 Å². The highest BCUT2D eigenvalue weighted by atomic mass is 35.5. The number of non-ortho nitro benzene ring substituents is 1. The molecule has 0 heterocycles. The molecule has 0 bridgehead atoms. The van der Waals surface area contributed by atoms with Gasteiger partial charge in [-0.25, -0.2) is 4.79 Å². The molecule has 0 saturated heterocycles. The number of benzene rings is 1. The molecular weight excluding hydrogens is 286 g/mol. The van der Waals surface area contributed by atoms with Crippen LogP contribution < -0.4 is 0 Å². The van der Waals surface area contributed by atoms with E-state index in [9.17, 15) is 19.7 Å². The molecule has 1 aromatic rings. The second kappa shape index (κ2) is 6.00. The molecule has 1 aliphatic carbocycles. The Kier molecular flexibility index (Phi) is 4.34. The number of carbonyl (C=O) groups is 2. The Morgan fingerprint density at radius 1 is 1.40 bits per heavy atom. The first-order valence-electron chi connectivity index (χ1n) is 6.16. The van der Waals surface area contributed by atoms with Crippen LogP contribution in [0.2, 0.25) is 5.02 Å². The summed E-state index contributed by atoms with van der Waals surface area (Å²) in [5.74, 6) is -0.826. The minimum atomic E-state index is -0.734. The highest BCUT2D eigenvalue weighted by molar-refractivity contribution is 6.33. The number of nitro benzene ring substituents is 1. The van der Waals surface area contributed by atoms with Crippen LogP contribution in [0.5, 0.6) is 0 Å². The van der Waals surface area contributed by atoms with Crippen molar-refractivity contribution in [3.05, 3.63) is 38.9 Å². The summed E-state index contributed by atoms with van der Waals surface area (Å²) < 4.78 is 5.13. The number of esters is 1. The Balaban J connectivity index is 2.13. The maximum atomic E-state index is 11.9. The maximum Gasteiger partial charge on any atom is 0.340 e. The number of hydrogen-bond acceptors (Lipinski definition) is 5. The maximum absolute atomic E-state index is 11.9. The molecule has 106 valence electrons. The second-order valence-electron chi connectivity index (χ2n) is 4.53. The largest absolute Gasteiger partial charge is 0.451 e. The van der Waals surface area contributed by atoms with Gasteiger partial charge in [-0.3, -0.25) is 14.9 Å². The minimum absolute atomic E-state index is 0.0237. The molecule has 7 heteroatoms. The number of nitro groups is 1. The lowest BCUT2D eigenvalue weighted by Gasteiger charge is -2.20. The number of Topliss-reactive ketones (excluding diaryl/α,β-unsaturated/α-hetero) is 1. The van der Waals surface area contributed by atoms with Gasteiger partial charge in [0.2, 0.25) is 0 Å². The molecule has 0 aliphatic heterocycles. The topological polar surface area (TPSA) is 86.5 Å². The fraction of sp³-hybridized carbons (Fsp3) is 0.385. The quantitative estimate of drug-likeness (QED) is 0.486. The first kappa shape index (κ1) is 14.5. The van der Waals surface area contributed by atoms with E-state index in [-0.39, 0.29) is 22.1 Å². The number of rotatable bonds is 3. The Bertz CT molecular complexity index is 572. The van der Waals surface area contributed by atoms with Gasteiger partial charge in [0.15, 0.2) is 11.9 Å². The molecular formula is C13H12ClNO5. The van der Waals surface area contributed by atoms with E-state index in [1.807, 2.05) is 0 Å². The molecule has 1 unspecified atom stereocenters. The average molecular weight is 298 g/mol. The molecule has 0 amide bonds. The van der Waals surface area contributed by atoms with Gasteiger partial charge < -0.3 is 4.74 Å². The van der Waals surface area contributed by atoms with E-state index in [1.54, 1.807) is 0 Å². The normalized spacial score (nSPS) is 18.6. The summed E-state index contributed by atoms with van der Waals surface area (Å²) in [5.41, 5.74) is -0.184. The molecule has 2 rings (SSSR count). The molecule has 1 saturated carbocycles.